The highest BCUT2D eigenvalue weighted by Crippen LogP contribution is 2.18. The van der Waals surface area contributed by atoms with Gasteiger partial charge in [-0.2, -0.15) is 0 Å². The lowest BCUT2D eigenvalue weighted by atomic mass is 10.1. The van der Waals surface area contributed by atoms with E-state index in [1.807, 2.05) is 48.4 Å². The number of anilines is 1. The standard InChI is InChI=1S/C23H23FN4O2/c1-17-8-9-25-20(14-17)15-18-2-5-21(6-3-18)30-23(29)28-12-10-27(11-13-28)22-7-4-19(24)16-26-22/h2-9,14,16H,10-13,15H2,1H3. The average Bonchev–Trinajstić information content (AvgIpc) is 2.76. The van der Waals surface area contributed by atoms with Crippen molar-refractivity contribution in [3.05, 3.63) is 83.6 Å². The topological polar surface area (TPSA) is 58.6 Å². The van der Waals surface area contributed by atoms with Crippen molar-refractivity contribution in [3.8, 4) is 5.75 Å². The minimum atomic E-state index is -0.366. The fourth-order valence-corrected chi connectivity index (χ4v) is 3.42. The predicted molar refractivity (Wildman–Crippen MR) is 112 cm³/mol. The van der Waals surface area contributed by atoms with Crippen LogP contribution in [0.3, 0.4) is 0 Å². The first-order valence-electron chi connectivity index (χ1n) is 9.90. The van der Waals surface area contributed by atoms with Crippen LogP contribution in [-0.4, -0.2) is 47.1 Å². The zero-order valence-electron chi connectivity index (χ0n) is 16.8. The summed E-state index contributed by atoms with van der Waals surface area (Å²) in [4.78, 5) is 24.6. The van der Waals surface area contributed by atoms with E-state index in [2.05, 4.69) is 16.0 Å². The van der Waals surface area contributed by atoms with Crippen LogP contribution < -0.4 is 9.64 Å². The zero-order valence-corrected chi connectivity index (χ0v) is 16.8. The van der Waals surface area contributed by atoms with Crippen molar-refractivity contribution in [1.29, 1.82) is 0 Å². The molecular formula is C23H23FN4O2. The normalized spacial score (nSPS) is 13.9. The number of amides is 1. The lowest BCUT2D eigenvalue weighted by Crippen LogP contribution is -2.49. The third-order valence-electron chi connectivity index (χ3n) is 5.06. The predicted octanol–water partition coefficient (Wildman–Crippen LogP) is 3.84. The highest BCUT2D eigenvalue weighted by atomic mass is 19.1. The lowest BCUT2D eigenvalue weighted by molar-refractivity contribution is 0.149. The summed E-state index contributed by atoms with van der Waals surface area (Å²) in [6.45, 7) is 4.33. The molecule has 3 heterocycles. The molecule has 1 aliphatic heterocycles. The van der Waals surface area contributed by atoms with Gasteiger partial charge >= 0.3 is 6.09 Å². The van der Waals surface area contributed by atoms with Gasteiger partial charge in [-0.15, -0.1) is 0 Å². The number of hydrogen-bond acceptors (Lipinski definition) is 5. The Morgan fingerprint density at radius 3 is 2.47 bits per heavy atom. The van der Waals surface area contributed by atoms with Crippen LogP contribution in [0.15, 0.2) is 60.9 Å². The van der Waals surface area contributed by atoms with Gasteiger partial charge in [-0.3, -0.25) is 4.98 Å². The Balaban J connectivity index is 1.29. The van der Waals surface area contributed by atoms with Crippen molar-refractivity contribution in [2.24, 2.45) is 0 Å². The van der Waals surface area contributed by atoms with E-state index in [1.54, 1.807) is 11.0 Å². The molecule has 0 spiro atoms. The summed E-state index contributed by atoms with van der Waals surface area (Å²) in [5.74, 6) is 0.869. The maximum atomic E-state index is 13.0. The van der Waals surface area contributed by atoms with E-state index in [0.717, 1.165) is 17.7 Å². The minimum Gasteiger partial charge on any atom is -0.410 e. The number of halogens is 1. The number of carbonyl (C=O) groups excluding carboxylic acids is 1. The van der Waals surface area contributed by atoms with E-state index in [9.17, 15) is 9.18 Å². The Labute approximate surface area is 174 Å². The Bertz CT molecular complexity index is 1000. The van der Waals surface area contributed by atoms with Crippen LogP contribution in [0.25, 0.3) is 0 Å². The summed E-state index contributed by atoms with van der Waals surface area (Å²) in [5, 5.41) is 0. The van der Waals surface area contributed by atoms with Crippen LogP contribution in [0.1, 0.15) is 16.8 Å². The highest BCUT2D eigenvalue weighted by Gasteiger charge is 2.23. The maximum Gasteiger partial charge on any atom is 0.415 e. The number of pyridine rings is 2. The molecule has 0 bridgehead atoms. The summed E-state index contributed by atoms with van der Waals surface area (Å²) in [6.07, 6.45) is 3.38. The van der Waals surface area contributed by atoms with Crippen LogP contribution in [0.5, 0.6) is 5.75 Å². The molecule has 0 saturated carbocycles. The second-order valence-corrected chi connectivity index (χ2v) is 7.32. The van der Waals surface area contributed by atoms with E-state index in [-0.39, 0.29) is 11.9 Å². The van der Waals surface area contributed by atoms with Gasteiger partial charge < -0.3 is 14.5 Å². The summed E-state index contributed by atoms with van der Waals surface area (Å²) in [5.41, 5.74) is 3.29. The summed E-state index contributed by atoms with van der Waals surface area (Å²) < 4.78 is 18.5. The molecule has 1 aliphatic rings. The third kappa shape index (κ3) is 4.92. The van der Waals surface area contributed by atoms with Crippen LogP contribution in [0, 0.1) is 12.7 Å². The summed E-state index contributed by atoms with van der Waals surface area (Å²) in [7, 11) is 0. The maximum absolute atomic E-state index is 13.0. The number of rotatable bonds is 4. The second kappa shape index (κ2) is 8.90. The van der Waals surface area contributed by atoms with E-state index < -0.39 is 0 Å². The molecule has 0 unspecified atom stereocenters. The van der Waals surface area contributed by atoms with Crippen LogP contribution in [-0.2, 0) is 6.42 Å². The van der Waals surface area contributed by atoms with Gasteiger partial charge in [0.05, 0.1) is 6.20 Å². The molecule has 0 N–H and O–H groups in total. The average molecular weight is 406 g/mol. The molecule has 0 radical (unpaired) electrons. The number of aromatic nitrogens is 2. The van der Waals surface area contributed by atoms with Crippen molar-refractivity contribution in [3.63, 3.8) is 0 Å². The molecule has 6 nitrogen and oxygen atoms in total. The van der Waals surface area contributed by atoms with E-state index in [4.69, 9.17) is 4.74 Å². The Morgan fingerprint density at radius 2 is 1.80 bits per heavy atom. The molecule has 30 heavy (non-hydrogen) atoms. The minimum absolute atomic E-state index is 0.359. The molecule has 154 valence electrons. The van der Waals surface area contributed by atoms with Crippen molar-refractivity contribution in [2.75, 3.05) is 31.1 Å². The first-order valence-corrected chi connectivity index (χ1v) is 9.90. The molecule has 0 aliphatic carbocycles. The molecule has 2 aromatic heterocycles. The van der Waals surface area contributed by atoms with E-state index in [1.165, 1.54) is 17.8 Å². The molecule has 3 aromatic rings. The smallest absolute Gasteiger partial charge is 0.410 e. The molecule has 4 rings (SSSR count). The van der Waals surface area contributed by atoms with Crippen molar-refractivity contribution in [2.45, 2.75) is 13.3 Å². The fraction of sp³-hybridized carbons (Fsp3) is 0.261. The van der Waals surface area contributed by atoms with Gasteiger partial charge in [0.2, 0.25) is 0 Å². The van der Waals surface area contributed by atoms with Crippen LogP contribution in [0.4, 0.5) is 15.0 Å². The molecule has 1 aromatic carbocycles. The number of ether oxygens (including phenoxy) is 1. The second-order valence-electron chi connectivity index (χ2n) is 7.32. The number of hydrogen-bond donors (Lipinski definition) is 0. The fourth-order valence-electron chi connectivity index (χ4n) is 3.42. The van der Waals surface area contributed by atoms with Gasteiger partial charge in [0, 0.05) is 44.5 Å². The van der Waals surface area contributed by atoms with E-state index >= 15 is 0 Å². The van der Waals surface area contributed by atoms with Gasteiger partial charge in [-0.25, -0.2) is 14.2 Å². The van der Waals surface area contributed by atoms with Gasteiger partial charge in [-0.05, 0) is 54.4 Å². The molecule has 0 atom stereocenters. The van der Waals surface area contributed by atoms with Gasteiger partial charge in [0.15, 0.2) is 0 Å². The van der Waals surface area contributed by atoms with Gasteiger partial charge in [0.25, 0.3) is 0 Å². The summed E-state index contributed by atoms with van der Waals surface area (Å²) >= 11 is 0. The molecular weight excluding hydrogens is 383 g/mol. The van der Waals surface area contributed by atoms with Gasteiger partial charge in [-0.1, -0.05) is 12.1 Å². The Morgan fingerprint density at radius 1 is 1.03 bits per heavy atom. The van der Waals surface area contributed by atoms with Gasteiger partial charge in [0.1, 0.15) is 17.4 Å². The number of piperazine rings is 1. The lowest BCUT2D eigenvalue weighted by Gasteiger charge is -2.34. The zero-order chi connectivity index (χ0) is 20.9. The quantitative estimate of drug-likeness (QED) is 0.659. The number of carbonyl (C=O) groups is 1. The molecule has 1 amide bonds. The molecule has 7 heteroatoms. The highest BCUT2D eigenvalue weighted by molar-refractivity contribution is 5.71. The molecule has 1 saturated heterocycles. The Hall–Kier alpha value is -3.48. The van der Waals surface area contributed by atoms with Crippen molar-refractivity contribution >= 4 is 11.9 Å². The number of nitrogens with zero attached hydrogens (tertiary/aromatic N) is 4. The van der Waals surface area contributed by atoms with E-state index in [0.29, 0.717) is 37.7 Å². The number of benzene rings is 1. The first-order chi connectivity index (χ1) is 14.6. The SMILES string of the molecule is Cc1ccnc(Cc2ccc(OC(=O)N3CCN(c4ccc(F)cn4)CC3)cc2)c1. The van der Waals surface area contributed by atoms with Crippen LogP contribution in [0.2, 0.25) is 0 Å². The number of aryl methyl sites for hydroxylation is 1. The molecule has 1 fully saturated rings. The first kappa shape index (κ1) is 19.8. The third-order valence-corrected chi connectivity index (χ3v) is 5.06. The Kier molecular flexibility index (Phi) is 5.88. The monoisotopic (exact) mass is 406 g/mol. The van der Waals surface area contributed by atoms with Crippen LogP contribution >= 0.6 is 0 Å². The van der Waals surface area contributed by atoms with Crippen molar-refractivity contribution in [1.82, 2.24) is 14.9 Å². The summed E-state index contributed by atoms with van der Waals surface area (Å²) in [6, 6.07) is 14.6. The van der Waals surface area contributed by atoms with Crippen molar-refractivity contribution < 1.29 is 13.9 Å². The largest absolute Gasteiger partial charge is 0.415 e.